The highest BCUT2D eigenvalue weighted by Crippen LogP contribution is 2.22. The van der Waals surface area contributed by atoms with Crippen molar-refractivity contribution in [3.05, 3.63) is 86.6 Å². The van der Waals surface area contributed by atoms with E-state index in [2.05, 4.69) is 10.0 Å². The van der Waals surface area contributed by atoms with Crippen molar-refractivity contribution < 1.29 is 37.8 Å². The Hall–Kier alpha value is -3.23. The Labute approximate surface area is 237 Å². The summed E-state index contributed by atoms with van der Waals surface area (Å²) in [4.78, 5) is 48.3. The van der Waals surface area contributed by atoms with Gasteiger partial charge in [-0.3, -0.25) is 14.4 Å². The molecule has 0 aliphatic carbocycles. The van der Waals surface area contributed by atoms with E-state index in [0.717, 1.165) is 23.0 Å². The maximum Gasteiger partial charge on any atom is 0.335 e. The molecule has 1 heterocycles. The molecule has 4 N–H and O–H groups in total. The third kappa shape index (κ3) is 8.90. The zero-order valence-electron chi connectivity index (χ0n) is 20.1. The largest absolute Gasteiger partial charge is 0.481 e. The molecule has 1 aromatic heterocycles. The highest BCUT2D eigenvalue weighted by molar-refractivity contribution is 7.99. The molecule has 1 atom stereocenters. The smallest absolute Gasteiger partial charge is 0.335 e. The normalized spacial score (nSPS) is 12.0. The van der Waals surface area contributed by atoms with Crippen LogP contribution in [0.5, 0.6) is 0 Å². The molecule has 0 aliphatic heterocycles. The van der Waals surface area contributed by atoms with E-state index < -0.39 is 46.1 Å². The minimum atomic E-state index is -4.03. The third-order valence-electron chi connectivity index (χ3n) is 5.25. The van der Waals surface area contributed by atoms with Crippen LogP contribution < -0.4 is 10.0 Å². The molecule has 0 aliphatic rings. The quantitative estimate of drug-likeness (QED) is 0.213. The number of sulfonamides is 1. The maximum absolute atomic E-state index is 12.8. The van der Waals surface area contributed by atoms with Gasteiger partial charge in [-0.25, -0.2) is 17.9 Å². The Kier molecular flexibility index (Phi) is 10.7. The van der Waals surface area contributed by atoms with Gasteiger partial charge in [0.15, 0.2) is 5.78 Å². The molecule has 10 nitrogen and oxygen atoms in total. The number of ketones is 1. The zero-order valence-corrected chi connectivity index (χ0v) is 23.3. The van der Waals surface area contributed by atoms with Gasteiger partial charge in [-0.1, -0.05) is 35.9 Å². The van der Waals surface area contributed by atoms with Crippen LogP contribution in [0, 0.1) is 0 Å². The average molecular weight is 611 g/mol. The Bertz CT molecular complexity index is 1490. The van der Waals surface area contributed by atoms with Gasteiger partial charge in [-0.15, -0.1) is 23.1 Å². The fourth-order valence-electron chi connectivity index (χ4n) is 3.27. The summed E-state index contributed by atoms with van der Waals surface area (Å²) in [5.41, 5.74) is 0.646. The molecular weight excluding hydrogens is 588 g/mol. The molecule has 0 bridgehead atoms. The van der Waals surface area contributed by atoms with Gasteiger partial charge < -0.3 is 15.5 Å². The Morgan fingerprint density at radius 2 is 1.74 bits per heavy atom. The van der Waals surface area contributed by atoms with Crippen LogP contribution in [0.15, 0.2) is 65.6 Å². The summed E-state index contributed by atoms with van der Waals surface area (Å²) >= 11 is 8.32. The molecule has 0 unspecified atom stereocenters. The van der Waals surface area contributed by atoms with Crippen molar-refractivity contribution in [2.75, 3.05) is 5.75 Å². The van der Waals surface area contributed by atoms with E-state index in [4.69, 9.17) is 16.7 Å². The highest BCUT2D eigenvalue weighted by Gasteiger charge is 2.25. The Morgan fingerprint density at radius 1 is 1.00 bits per heavy atom. The van der Waals surface area contributed by atoms with Gasteiger partial charge in [0.25, 0.3) is 5.91 Å². The Balaban J connectivity index is 1.59. The number of amides is 1. The fourth-order valence-corrected chi connectivity index (χ4v) is 6.52. The van der Waals surface area contributed by atoms with Gasteiger partial charge in [-0.2, -0.15) is 0 Å². The van der Waals surface area contributed by atoms with Crippen molar-refractivity contribution in [3.63, 3.8) is 0 Å². The summed E-state index contributed by atoms with van der Waals surface area (Å²) in [7, 11) is -4.03. The lowest BCUT2D eigenvalue weighted by Gasteiger charge is -2.15. The lowest BCUT2D eigenvalue weighted by atomic mass is 10.1. The van der Waals surface area contributed by atoms with Crippen LogP contribution in [0.4, 0.5) is 0 Å². The molecular formula is C25H23ClN2O8S3. The second-order valence-electron chi connectivity index (χ2n) is 8.10. The second kappa shape index (κ2) is 13.7. The van der Waals surface area contributed by atoms with Gasteiger partial charge in [0.1, 0.15) is 0 Å². The number of aliphatic carboxylic acids is 1. The first-order chi connectivity index (χ1) is 18.5. The summed E-state index contributed by atoms with van der Waals surface area (Å²) in [5, 5.41) is 21.3. The predicted octanol–water partition coefficient (Wildman–Crippen LogP) is 3.65. The molecule has 3 rings (SSSR count). The minimum Gasteiger partial charge on any atom is -0.481 e. The van der Waals surface area contributed by atoms with Gasteiger partial charge in [0.2, 0.25) is 10.0 Å². The van der Waals surface area contributed by atoms with Crippen molar-refractivity contribution in [2.24, 2.45) is 0 Å². The van der Waals surface area contributed by atoms with Crippen molar-refractivity contribution in [1.29, 1.82) is 0 Å². The standard InChI is InChI=1S/C25H23ClN2O8S3/c26-19-7-2-1-4-16(19)13-37-14-21(29)20(11-23(30)31)28-24(32)22-9-8-17(38-22)12-27-39(35,36)18-6-3-5-15(10-18)25(33)34/h1-10,20,27H,11-14H2,(H,28,32)(H,30,31)(H,33,34)/t20-/m0/s1. The van der Waals surface area contributed by atoms with E-state index in [-0.39, 0.29) is 27.6 Å². The average Bonchev–Trinajstić information content (AvgIpc) is 3.37. The van der Waals surface area contributed by atoms with E-state index >= 15 is 0 Å². The number of halogens is 1. The topological polar surface area (TPSA) is 167 Å². The van der Waals surface area contributed by atoms with Crippen LogP contribution in [0.25, 0.3) is 0 Å². The number of carbonyl (C=O) groups is 4. The predicted molar refractivity (Wildman–Crippen MR) is 148 cm³/mol. The number of hydrogen-bond donors (Lipinski definition) is 4. The van der Waals surface area contributed by atoms with Crippen molar-refractivity contribution in [1.82, 2.24) is 10.0 Å². The van der Waals surface area contributed by atoms with Crippen LogP contribution in [0.2, 0.25) is 5.02 Å². The first-order valence-corrected chi connectivity index (χ1v) is 15.1. The fraction of sp³-hybridized carbons (Fsp3) is 0.200. The van der Waals surface area contributed by atoms with Gasteiger partial charge in [0, 0.05) is 22.2 Å². The summed E-state index contributed by atoms with van der Waals surface area (Å²) in [6.07, 6.45) is -0.593. The number of carboxylic acid groups (broad SMARTS) is 2. The molecule has 39 heavy (non-hydrogen) atoms. The van der Waals surface area contributed by atoms with E-state index in [1.807, 2.05) is 12.1 Å². The first-order valence-electron chi connectivity index (χ1n) is 11.2. The van der Waals surface area contributed by atoms with Crippen molar-refractivity contribution >= 4 is 68.4 Å². The molecule has 1 amide bonds. The minimum absolute atomic E-state index is 0.0377. The molecule has 0 saturated heterocycles. The van der Waals surface area contributed by atoms with Crippen LogP contribution in [0.3, 0.4) is 0 Å². The van der Waals surface area contributed by atoms with Gasteiger partial charge >= 0.3 is 11.9 Å². The number of hydrogen-bond acceptors (Lipinski definition) is 8. The second-order valence-corrected chi connectivity index (χ2v) is 12.4. The highest BCUT2D eigenvalue weighted by atomic mass is 35.5. The number of benzene rings is 2. The molecule has 3 aromatic rings. The van der Waals surface area contributed by atoms with Crippen LogP contribution in [0.1, 0.15) is 36.9 Å². The molecule has 0 radical (unpaired) electrons. The number of nitrogens with one attached hydrogen (secondary N) is 2. The van der Waals surface area contributed by atoms with Crippen LogP contribution in [-0.2, 0) is 31.9 Å². The molecule has 2 aromatic carbocycles. The van der Waals surface area contributed by atoms with Crippen LogP contribution in [-0.4, -0.2) is 54.1 Å². The van der Waals surface area contributed by atoms with Gasteiger partial charge in [0.05, 0.1) is 33.6 Å². The number of rotatable bonds is 14. The maximum atomic E-state index is 12.8. The summed E-state index contributed by atoms with van der Waals surface area (Å²) < 4.78 is 27.5. The summed E-state index contributed by atoms with van der Waals surface area (Å²) in [5.74, 6) is -3.25. The monoisotopic (exact) mass is 610 g/mol. The van der Waals surface area contributed by atoms with Crippen molar-refractivity contribution in [2.45, 2.75) is 29.7 Å². The zero-order chi connectivity index (χ0) is 28.6. The first kappa shape index (κ1) is 30.3. The Morgan fingerprint density at radius 3 is 2.44 bits per heavy atom. The van der Waals surface area contributed by atoms with E-state index in [1.54, 1.807) is 12.1 Å². The third-order valence-corrected chi connectivity index (χ3v) is 9.10. The number of thioether (sulfide) groups is 1. The number of carboxylic acids is 2. The summed E-state index contributed by atoms with van der Waals surface area (Å²) in [6, 6.07) is 13.7. The van der Waals surface area contributed by atoms with E-state index in [9.17, 15) is 32.7 Å². The number of aromatic carboxylic acids is 1. The van der Waals surface area contributed by atoms with Gasteiger partial charge in [-0.05, 0) is 42.0 Å². The number of thiophene rings is 1. The lowest BCUT2D eigenvalue weighted by Crippen LogP contribution is -2.43. The van der Waals surface area contributed by atoms with E-state index in [0.29, 0.717) is 15.7 Å². The SMILES string of the molecule is O=C(O)C[C@H](NC(=O)c1ccc(CNS(=O)(=O)c2cccc(C(=O)O)c2)s1)C(=O)CSCc1ccccc1Cl. The molecule has 14 heteroatoms. The lowest BCUT2D eigenvalue weighted by molar-refractivity contribution is -0.139. The molecule has 0 saturated carbocycles. The van der Waals surface area contributed by atoms with Crippen LogP contribution >= 0.6 is 34.7 Å². The number of Topliss-reactive ketones (excluding diaryl/α,β-unsaturated/α-hetero) is 1. The molecule has 0 fully saturated rings. The molecule has 206 valence electrons. The van der Waals surface area contributed by atoms with E-state index in [1.165, 1.54) is 42.1 Å². The molecule has 0 spiro atoms. The number of carbonyl (C=O) groups excluding carboxylic acids is 2. The van der Waals surface area contributed by atoms with Crippen molar-refractivity contribution in [3.8, 4) is 0 Å². The summed E-state index contributed by atoms with van der Waals surface area (Å²) in [6.45, 7) is -0.173.